The van der Waals surface area contributed by atoms with Crippen LogP contribution in [-0.4, -0.2) is 25.3 Å². The summed E-state index contributed by atoms with van der Waals surface area (Å²) in [6.07, 6.45) is 1.58. The topological polar surface area (TPSA) is 73.6 Å². The zero-order valence-electron chi connectivity index (χ0n) is 14.2. The van der Waals surface area contributed by atoms with E-state index >= 15 is 0 Å². The van der Waals surface area contributed by atoms with Crippen molar-refractivity contribution in [1.29, 1.82) is 0 Å². The van der Waals surface area contributed by atoms with E-state index in [0.717, 1.165) is 11.1 Å². The fourth-order valence-electron chi connectivity index (χ4n) is 2.38. The van der Waals surface area contributed by atoms with E-state index in [1.165, 1.54) is 14.2 Å². The normalized spacial score (nSPS) is 10.4. The van der Waals surface area contributed by atoms with E-state index in [-0.39, 0.29) is 11.8 Å². The lowest BCUT2D eigenvalue weighted by atomic mass is 10.1. The van der Waals surface area contributed by atoms with E-state index in [9.17, 15) is 4.79 Å². The van der Waals surface area contributed by atoms with Crippen LogP contribution in [0.2, 0.25) is 0 Å². The SMILES string of the molecule is COc1cc(OC)cc(C(=O)Nc2oncc2-c2ccc(C)cc2)c1. The summed E-state index contributed by atoms with van der Waals surface area (Å²) in [7, 11) is 3.06. The Morgan fingerprint density at radius 3 is 2.28 bits per heavy atom. The van der Waals surface area contributed by atoms with E-state index in [2.05, 4.69) is 10.5 Å². The van der Waals surface area contributed by atoms with Gasteiger partial charge in [-0.2, -0.15) is 0 Å². The average Bonchev–Trinajstić information content (AvgIpc) is 3.09. The number of aromatic nitrogens is 1. The smallest absolute Gasteiger partial charge is 0.258 e. The number of carbonyl (C=O) groups excluding carboxylic acids is 1. The predicted octanol–water partition coefficient (Wildman–Crippen LogP) is 3.92. The van der Waals surface area contributed by atoms with Crippen LogP contribution in [0, 0.1) is 6.92 Å². The number of anilines is 1. The molecular formula is C19H18N2O4. The Balaban J connectivity index is 1.87. The molecule has 2 aromatic carbocycles. The lowest BCUT2D eigenvalue weighted by Crippen LogP contribution is -2.12. The molecule has 1 aromatic heterocycles. The molecule has 0 bridgehead atoms. The van der Waals surface area contributed by atoms with Gasteiger partial charge in [0.25, 0.3) is 5.91 Å². The summed E-state index contributed by atoms with van der Waals surface area (Å²) < 4.78 is 15.6. The minimum Gasteiger partial charge on any atom is -0.497 e. The number of hydrogen-bond donors (Lipinski definition) is 1. The molecule has 6 heteroatoms. The predicted molar refractivity (Wildman–Crippen MR) is 94.2 cm³/mol. The summed E-state index contributed by atoms with van der Waals surface area (Å²) in [5.74, 6) is 1.000. The highest BCUT2D eigenvalue weighted by atomic mass is 16.5. The first-order valence-corrected chi connectivity index (χ1v) is 7.67. The number of nitrogens with one attached hydrogen (secondary N) is 1. The molecule has 0 unspecified atom stereocenters. The Morgan fingerprint density at radius 2 is 1.68 bits per heavy atom. The Morgan fingerprint density at radius 1 is 1.04 bits per heavy atom. The number of carbonyl (C=O) groups is 1. The Labute approximate surface area is 145 Å². The third-order valence-electron chi connectivity index (χ3n) is 3.77. The van der Waals surface area contributed by atoms with Crippen molar-refractivity contribution in [2.24, 2.45) is 0 Å². The molecule has 0 radical (unpaired) electrons. The summed E-state index contributed by atoms with van der Waals surface area (Å²) in [5, 5.41) is 6.54. The molecule has 0 fully saturated rings. The van der Waals surface area contributed by atoms with Crippen LogP contribution in [0.4, 0.5) is 5.88 Å². The number of aryl methyl sites for hydroxylation is 1. The zero-order valence-corrected chi connectivity index (χ0v) is 14.2. The second kappa shape index (κ2) is 7.09. The molecule has 0 spiro atoms. The van der Waals surface area contributed by atoms with Gasteiger partial charge in [0.1, 0.15) is 11.5 Å². The lowest BCUT2D eigenvalue weighted by Gasteiger charge is -2.09. The standard InChI is InChI=1S/C19H18N2O4/c1-12-4-6-13(7-5-12)17-11-20-25-19(17)21-18(22)14-8-15(23-2)10-16(9-14)24-3/h4-11H,1-3H3,(H,21,22). The Kier molecular flexibility index (Phi) is 4.70. The van der Waals surface area contributed by atoms with Gasteiger partial charge in [-0.05, 0) is 24.6 Å². The molecule has 0 saturated heterocycles. The molecule has 0 aliphatic rings. The lowest BCUT2D eigenvalue weighted by molar-refractivity contribution is 0.102. The van der Waals surface area contributed by atoms with Crippen molar-refractivity contribution in [3.63, 3.8) is 0 Å². The molecule has 1 amide bonds. The molecule has 3 rings (SSSR count). The second-order valence-electron chi connectivity index (χ2n) is 5.49. The van der Waals surface area contributed by atoms with E-state index in [0.29, 0.717) is 22.6 Å². The zero-order chi connectivity index (χ0) is 17.8. The summed E-state index contributed by atoms with van der Waals surface area (Å²) in [4.78, 5) is 12.6. The first-order chi connectivity index (χ1) is 12.1. The van der Waals surface area contributed by atoms with Crippen molar-refractivity contribution in [2.45, 2.75) is 6.92 Å². The number of amides is 1. The van der Waals surface area contributed by atoms with Gasteiger partial charge in [-0.25, -0.2) is 0 Å². The van der Waals surface area contributed by atoms with Gasteiger partial charge in [0.05, 0.1) is 26.0 Å². The summed E-state index contributed by atoms with van der Waals surface area (Å²) in [6, 6.07) is 12.8. The van der Waals surface area contributed by atoms with E-state index in [4.69, 9.17) is 14.0 Å². The molecular weight excluding hydrogens is 320 g/mol. The van der Waals surface area contributed by atoms with Crippen molar-refractivity contribution in [3.8, 4) is 22.6 Å². The number of rotatable bonds is 5. The monoisotopic (exact) mass is 338 g/mol. The molecule has 1 N–H and O–H groups in total. The molecule has 1 heterocycles. The maximum absolute atomic E-state index is 12.6. The van der Waals surface area contributed by atoms with Gasteiger partial charge in [-0.15, -0.1) is 0 Å². The molecule has 3 aromatic rings. The average molecular weight is 338 g/mol. The molecule has 6 nitrogen and oxygen atoms in total. The highest BCUT2D eigenvalue weighted by Crippen LogP contribution is 2.29. The maximum Gasteiger partial charge on any atom is 0.258 e. The van der Waals surface area contributed by atoms with Gasteiger partial charge < -0.3 is 14.0 Å². The summed E-state index contributed by atoms with van der Waals surface area (Å²) >= 11 is 0. The van der Waals surface area contributed by atoms with Crippen molar-refractivity contribution >= 4 is 11.8 Å². The number of benzene rings is 2. The van der Waals surface area contributed by atoms with Gasteiger partial charge >= 0.3 is 0 Å². The highest BCUT2D eigenvalue weighted by Gasteiger charge is 2.16. The third-order valence-corrected chi connectivity index (χ3v) is 3.77. The van der Waals surface area contributed by atoms with Crippen LogP contribution in [-0.2, 0) is 0 Å². The molecule has 0 aliphatic carbocycles. The number of hydrogen-bond acceptors (Lipinski definition) is 5. The van der Waals surface area contributed by atoms with Gasteiger partial charge in [0, 0.05) is 11.6 Å². The second-order valence-corrected chi connectivity index (χ2v) is 5.49. The van der Waals surface area contributed by atoms with Crippen LogP contribution < -0.4 is 14.8 Å². The van der Waals surface area contributed by atoms with Crippen molar-refractivity contribution in [3.05, 3.63) is 59.8 Å². The third kappa shape index (κ3) is 3.63. The first-order valence-electron chi connectivity index (χ1n) is 7.67. The number of methoxy groups -OCH3 is 2. The van der Waals surface area contributed by atoms with Crippen LogP contribution in [0.25, 0.3) is 11.1 Å². The molecule has 0 aliphatic heterocycles. The minimum absolute atomic E-state index is 0.288. The molecule has 0 saturated carbocycles. The van der Waals surface area contributed by atoms with E-state index < -0.39 is 0 Å². The fraction of sp³-hybridized carbons (Fsp3) is 0.158. The largest absolute Gasteiger partial charge is 0.497 e. The van der Waals surface area contributed by atoms with Crippen molar-refractivity contribution in [1.82, 2.24) is 5.16 Å². The van der Waals surface area contributed by atoms with Crippen LogP contribution >= 0.6 is 0 Å². The van der Waals surface area contributed by atoms with Crippen LogP contribution in [0.15, 0.2) is 53.2 Å². The first kappa shape index (κ1) is 16.6. The fourth-order valence-corrected chi connectivity index (χ4v) is 2.38. The molecule has 128 valence electrons. The Hall–Kier alpha value is -3.28. The Bertz CT molecular complexity index is 862. The van der Waals surface area contributed by atoms with Crippen LogP contribution in [0.5, 0.6) is 11.5 Å². The van der Waals surface area contributed by atoms with Crippen molar-refractivity contribution < 1.29 is 18.8 Å². The van der Waals surface area contributed by atoms with Crippen LogP contribution in [0.3, 0.4) is 0 Å². The van der Waals surface area contributed by atoms with Gasteiger partial charge in [0.2, 0.25) is 5.88 Å². The van der Waals surface area contributed by atoms with Gasteiger partial charge in [-0.3, -0.25) is 10.1 Å². The van der Waals surface area contributed by atoms with Crippen LogP contribution in [0.1, 0.15) is 15.9 Å². The summed E-state index contributed by atoms with van der Waals surface area (Å²) in [5.41, 5.74) is 3.16. The van der Waals surface area contributed by atoms with Gasteiger partial charge in [-0.1, -0.05) is 35.0 Å². The summed E-state index contributed by atoms with van der Waals surface area (Å²) in [6.45, 7) is 2.01. The maximum atomic E-state index is 12.6. The van der Waals surface area contributed by atoms with E-state index in [1.54, 1.807) is 24.4 Å². The highest BCUT2D eigenvalue weighted by molar-refractivity contribution is 6.05. The van der Waals surface area contributed by atoms with Gasteiger partial charge in [0.15, 0.2) is 0 Å². The molecule has 0 atom stereocenters. The number of ether oxygens (including phenoxy) is 2. The number of nitrogens with zero attached hydrogens (tertiary/aromatic N) is 1. The van der Waals surface area contributed by atoms with E-state index in [1.807, 2.05) is 31.2 Å². The minimum atomic E-state index is -0.345. The molecule has 25 heavy (non-hydrogen) atoms. The quantitative estimate of drug-likeness (QED) is 0.763. The van der Waals surface area contributed by atoms with Crippen molar-refractivity contribution in [2.75, 3.05) is 19.5 Å².